The SMILES string of the molecule is CCCCC(C)(F)C(O)/C=C/C1CCC2OC(=O)CC12. The van der Waals surface area contributed by atoms with Crippen LogP contribution in [0, 0.1) is 11.8 Å². The Hall–Kier alpha value is -0.900. The van der Waals surface area contributed by atoms with E-state index in [1.165, 1.54) is 6.92 Å². The van der Waals surface area contributed by atoms with Gasteiger partial charge in [0, 0.05) is 5.92 Å². The van der Waals surface area contributed by atoms with Crippen molar-refractivity contribution in [2.45, 2.75) is 70.2 Å². The van der Waals surface area contributed by atoms with Crippen LogP contribution in [-0.4, -0.2) is 29.0 Å². The lowest BCUT2D eigenvalue weighted by Crippen LogP contribution is -2.33. The fourth-order valence-corrected chi connectivity index (χ4v) is 3.26. The van der Waals surface area contributed by atoms with E-state index in [1.54, 1.807) is 6.08 Å². The second-order valence-electron chi connectivity index (χ2n) is 6.35. The first-order chi connectivity index (χ1) is 9.44. The van der Waals surface area contributed by atoms with E-state index in [4.69, 9.17) is 4.74 Å². The first-order valence-electron chi connectivity index (χ1n) is 7.69. The molecule has 1 saturated heterocycles. The van der Waals surface area contributed by atoms with Crippen LogP contribution in [0.15, 0.2) is 12.2 Å². The number of alkyl halides is 1. The lowest BCUT2D eigenvalue weighted by atomic mass is 9.90. The highest BCUT2D eigenvalue weighted by molar-refractivity contribution is 5.72. The largest absolute Gasteiger partial charge is 0.462 e. The van der Waals surface area contributed by atoms with Crippen LogP contribution in [-0.2, 0) is 9.53 Å². The van der Waals surface area contributed by atoms with Gasteiger partial charge in [0.1, 0.15) is 17.9 Å². The average molecular weight is 284 g/mol. The Bertz CT molecular complexity index is 378. The molecule has 0 aromatic carbocycles. The summed E-state index contributed by atoms with van der Waals surface area (Å²) < 4.78 is 19.5. The molecule has 2 rings (SSSR count). The molecule has 0 bridgehead atoms. The Balaban J connectivity index is 1.90. The maximum atomic E-state index is 14.3. The third-order valence-corrected chi connectivity index (χ3v) is 4.67. The third kappa shape index (κ3) is 3.40. The van der Waals surface area contributed by atoms with Gasteiger partial charge in [-0.2, -0.15) is 0 Å². The summed E-state index contributed by atoms with van der Waals surface area (Å²) in [4.78, 5) is 11.3. The number of carbonyl (C=O) groups excluding carboxylic acids is 1. The number of fused-ring (bicyclic) bond motifs is 1. The molecule has 1 aliphatic heterocycles. The second-order valence-corrected chi connectivity index (χ2v) is 6.35. The summed E-state index contributed by atoms with van der Waals surface area (Å²) in [7, 11) is 0. The van der Waals surface area contributed by atoms with Crippen LogP contribution in [0.3, 0.4) is 0 Å². The standard InChI is InChI=1S/C16H25FO3/c1-3-4-9-16(2,17)14(18)8-6-11-5-7-13-12(11)10-15(19)20-13/h6,8,11-14,18H,3-5,7,9-10H2,1-2H3/b8-6+. The minimum atomic E-state index is -1.58. The number of allylic oxidation sites excluding steroid dienone is 1. The molecular formula is C16H25FO3. The molecule has 1 N–H and O–H groups in total. The molecule has 0 amide bonds. The molecule has 0 spiro atoms. The number of halogens is 1. The molecule has 20 heavy (non-hydrogen) atoms. The van der Waals surface area contributed by atoms with Crippen LogP contribution in [0.5, 0.6) is 0 Å². The lowest BCUT2D eigenvalue weighted by molar-refractivity contribution is -0.141. The predicted molar refractivity (Wildman–Crippen MR) is 74.9 cm³/mol. The minimum absolute atomic E-state index is 0.0335. The maximum Gasteiger partial charge on any atom is 0.306 e. The van der Waals surface area contributed by atoms with Crippen LogP contribution < -0.4 is 0 Å². The highest BCUT2D eigenvalue weighted by Crippen LogP contribution is 2.42. The molecule has 2 fully saturated rings. The minimum Gasteiger partial charge on any atom is -0.462 e. The van der Waals surface area contributed by atoms with Crippen LogP contribution in [0.1, 0.15) is 52.4 Å². The number of aliphatic hydroxyl groups excluding tert-OH is 1. The number of ether oxygens (including phenoxy) is 1. The van der Waals surface area contributed by atoms with Crippen molar-refractivity contribution in [3.05, 3.63) is 12.2 Å². The monoisotopic (exact) mass is 284 g/mol. The zero-order valence-electron chi connectivity index (χ0n) is 12.3. The molecule has 0 radical (unpaired) electrons. The van der Waals surface area contributed by atoms with E-state index < -0.39 is 11.8 Å². The second kappa shape index (κ2) is 6.25. The van der Waals surface area contributed by atoms with Crippen molar-refractivity contribution < 1.29 is 19.0 Å². The number of carbonyl (C=O) groups is 1. The van der Waals surface area contributed by atoms with Gasteiger partial charge >= 0.3 is 5.97 Å². The van der Waals surface area contributed by atoms with Crippen molar-refractivity contribution in [1.29, 1.82) is 0 Å². The molecule has 1 saturated carbocycles. The van der Waals surface area contributed by atoms with Gasteiger partial charge in [-0.25, -0.2) is 4.39 Å². The molecule has 5 unspecified atom stereocenters. The lowest BCUT2D eigenvalue weighted by Gasteiger charge is -2.24. The smallest absolute Gasteiger partial charge is 0.306 e. The van der Waals surface area contributed by atoms with E-state index in [-0.39, 0.29) is 23.9 Å². The Labute approximate surface area is 120 Å². The molecule has 5 atom stereocenters. The zero-order chi connectivity index (χ0) is 14.8. The molecule has 3 nitrogen and oxygen atoms in total. The van der Waals surface area contributed by atoms with E-state index in [9.17, 15) is 14.3 Å². The van der Waals surface area contributed by atoms with Gasteiger partial charge < -0.3 is 9.84 Å². The number of hydrogen-bond donors (Lipinski definition) is 1. The summed E-state index contributed by atoms with van der Waals surface area (Å²) >= 11 is 0. The molecule has 1 heterocycles. The van der Waals surface area contributed by atoms with Crippen molar-refractivity contribution in [3.63, 3.8) is 0 Å². The van der Waals surface area contributed by atoms with Gasteiger partial charge in [-0.3, -0.25) is 4.79 Å². The van der Waals surface area contributed by atoms with Crippen LogP contribution in [0.25, 0.3) is 0 Å². The molecular weight excluding hydrogens is 259 g/mol. The molecule has 1 aliphatic carbocycles. The van der Waals surface area contributed by atoms with Crippen molar-refractivity contribution in [2.24, 2.45) is 11.8 Å². The normalized spacial score (nSPS) is 34.0. The number of rotatable bonds is 6. The summed E-state index contributed by atoms with van der Waals surface area (Å²) in [5.74, 6) is 0.312. The van der Waals surface area contributed by atoms with Gasteiger partial charge in [-0.05, 0) is 32.1 Å². The maximum absolute atomic E-state index is 14.3. The van der Waals surface area contributed by atoms with Gasteiger partial charge in [0.05, 0.1) is 6.42 Å². The fraction of sp³-hybridized carbons (Fsp3) is 0.812. The molecule has 0 aromatic rings. The van der Waals surface area contributed by atoms with Gasteiger partial charge in [0.25, 0.3) is 0 Å². The predicted octanol–water partition coefficient (Wildman–Crippen LogP) is 3.16. The van der Waals surface area contributed by atoms with Crippen LogP contribution in [0.2, 0.25) is 0 Å². The van der Waals surface area contributed by atoms with E-state index in [2.05, 4.69) is 0 Å². The molecule has 0 aromatic heterocycles. The summed E-state index contributed by atoms with van der Waals surface area (Å²) in [6.45, 7) is 3.46. The van der Waals surface area contributed by atoms with Crippen molar-refractivity contribution >= 4 is 5.97 Å². The first-order valence-corrected chi connectivity index (χ1v) is 7.69. The highest BCUT2D eigenvalue weighted by atomic mass is 19.1. The van der Waals surface area contributed by atoms with Gasteiger partial charge in [-0.1, -0.05) is 31.9 Å². The number of unbranched alkanes of at least 4 members (excludes halogenated alkanes) is 1. The number of hydrogen-bond acceptors (Lipinski definition) is 3. The van der Waals surface area contributed by atoms with Crippen molar-refractivity contribution in [2.75, 3.05) is 0 Å². The van der Waals surface area contributed by atoms with Crippen molar-refractivity contribution in [1.82, 2.24) is 0 Å². The topological polar surface area (TPSA) is 46.5 Å². The molecule has 4 heteroatoms. The quantitative estimate of drug-likeness (QED) is 0.602. The summed E-state index contributed by atoms with van der Waals surface area (Å²) in [6, 6.07) is 0. The average Bonchev–Trinajstić information content (AvgIpc) is 2.93. The summed E-state index contributed by atoms with van der Waals surface area (Å²) in [5.41, 5.74) is -1.58. The Morgan fingerprint density at radius 1 is 1.55 bits per heavy atom. The van der Waals surface area contributed by atoms with E-state index in [1.807, 2.05) is 13.0 Å². The molecule has 114 valence electrons. The highest BCUT2D eigenvalue weighted by Gasteiger charge is 2.43. The van der Waals surface area contributed by atoms with Gasteiger partial charge in [0.15, 0.2) is 0 Å². The van der Waals surface area contributed by atoms with E-state index in [0.717, 1.165) is 25.7 Å². The Kier molecular flexibility index (Phi) is 4.84. The fourth-order valence-electron chi connectivity index (χ4n) is 3.26. The third-order valence-electron chi connectivity index (χ3n) is 4.67. The van der Waals surface area contributed by atoms with Crippen LogP contribution >= 0.6 is 0 Å². The number of esters is 1. The zero-order valence-corrected chi connectivity index (χ0v) is 12.3. The Morgan fingerprint density at radius 2 is 2.30 bits per heavy atom. The van der Waals surface area contributed by atoms with E-state index >= 15 is 0 Å². The molecule has 2 aliphatic rings. The Morgan fingerprint density at radius 3 is 3.00 bits per heavy atom. The van der Waals surface area contributed by atoms with Crippen molar-refractivity contribution in [3.8, 4) is 0 Å². The first kappa shape index (κ1) is 15.5. The summed E-state index contributed by atoms with van der Waals surface area (Å²) in [6.07, 6.45) is 6.76. The number of aliphatic hydroxyl groups is 1. The van der Waals surface area contributed by atoms with Gasteiger partial charge in [-0.15, -0.1) is 0 Å². The van der Waals surface area contributed by atoms with E-state index in [0.29, 0.717) is 12.8 Å². The van der Waals surface area contributed by atoms with Gasteiger partial charge in [0.2, 0.25) is 0 Å². The van der Waals surface area contributed by atoms with Crippen LogP contribution in [0.4, 0.5) is 4.39 Å². The summed E-state index contributed by atoms with van der Waals surface area (Å²) in [5, 5.41) is 10.00.